The molecule has 0 saturated heterocycles. The van der Waals surface area contributed by atoms with Gasteiger partial charge in [0.05, 0.1) is 17.7 Å². The topological polar surface area (TPSA) is 86.2 Å². The standard InChI is InChI=1S/C10H14N2O3/c1-10(9(14)15)3-2-7-6(4-10)8(5-13)12-11-7/h13H,2-5H2,1H3,(H,11,12)(H,14,15)/t10-/m0/s1. The van der Waals surface area contributed by atoms with Gasteiger partial charge in [-0.2, -0.15) is 5.10 Å². The third kappa shape index (κ3) is 1.52. The fraction of sp³-hybridized carbons (Fsp3) is 0.600. The zero-order valence-corrected chi connectivity index (χ0v) is 8.58. The summed E-state index contributed by atoms with van der Waals surface area (Å²) in [6.07, 6.45) is 1.75. The van der Waals surface area contributed by atoms with Gasteiger partial charge in [0.15, 0.2) is 0 Å². The van der Waals surface area contributed by atoms with Crippen LogP contribution >= 0.6 is 0 Å². The number of aromatic nitrogens is 2. The summed E-state index contributed by atoms with van der Waals surface area (Å²) in [6.45, 7) is 1.61. The van der Waals surface area contributed by atoms with Crippen molar-refractivity contribution in [1.82, 2.24) is 10.2 Å². The molecule has 5 heteroatoms. The number of aliphatic hydroxyl groups excluding tert-OH is 1. The molecule has 3 N–H and O–H groups in total. The number of rotatable bonds is 2. The predicted octanol–water partition coefficient (Wildman–Crippen LogP) is 0.482. The van der Waals surface area contributed by atoms with Gasteiger partial charge in [0.2, 0.25) is 0 Å². The molecule has 0 bridgehead atoms. The van der Waals surface area contributed by atoms with Crippen LogP contribution < -0.4 is 0 Å². The van der Waals surface area contributed by atoms with Crippen LogP contribution in [0, 0.1) is 5.41 Å². The number of aryl methyl sites for hydroxylation is 1. The van der Waals surface area contributed by atoms with E-state index in [1.54, 1.807) is 6.92 Å². The van der Waals surface area contributed by atoms with Gasteiger partial charge in [-0.25, -0.2) is 0 Å². The Morgan fingerprint density at radius 1 is 1.67 bits per heavy atom. The van der Waals surface area contributed by atoms with Gasteiger partial charge >= 0.3 is 5.97 Å². The average molecular weight is 210 g/mol. The van der Waals surface area contributed by atoms with Crippen molar-refractivity contribution in [2.75, 3.05) is 0 Å². The summed E-state index contributed by atoms with van der Waals surface area (Å²) in [5.41, 5.74) is 1.71. The first-order valence-electron chi connectivity index (χ1n) is 4.96. The van der Waals surface area contributed by atoms with Crippen molar-refractivity contribution in [2.45, 2.75) is 32.8 Å². The lowest BCUT2D eigenvalue weighted by atomic mass is 9.74. The molecule has 2 rings (SSSR count). The number of aromatic amines is 1. The fourth-order valence-electron chi connectivity index (χ4n) is 2.05. The summed E-state index contributed by atoms with van der Waals surface area (Å²) in [5, 5.41) is 25.0. The summed E-state index contributed by atoms with van der Waals surface area (Å²) in [7, 11) is 0. The molecular formula is C10H14N2O3. The van der Waals surface area contributed by atoms with Crippen molar-refractivity contribution in [3.05, 3.63) is 17.0 Å². The highest BCUT2D eigenvalue weighted by atomic mass is 16.4. The minimum absolute atomic E-state index is 0.137. The maximum Gasteiger partial charge on any atom is 0.309 e. The van der Waals surface area contributed by atoms with Crippen molar-refractivity contribution in [1.29, 1.82) is 0 Å². The molecule has 1 aliphatic carbocycles. The fourth-order valence-corrected chi connectivity index (χ4v) is 2.05. The predicted molar refractivity (Wildman–Crippen MR) is 52.3 cm³/mol. The number of carbonyl (C=O) groups is 1. The van der Waals surface area contributed by atoms with Gasteiger partial charge in [-0.1, -0.05) is 0 Å². The number of aliphatic hydroxyl groups is 1. The molecule has 0 amide bonds. The van der Waals surface area contributed by atoms with Crippen molar-refractivity contribution in [3.63, 3.8) is 0 Å². The molecule has 0 radical (unpaired) electrons. The van der Waals surface area contributed by atoms with E-state index in [1.165, 1.54) is 0 Å². The number of fused-ring (bicyclic) bond motifs is 1. The maximum atomic E-state index is 11.1. The van der Waals surface area contributed by atoms with E-state index in [1.807, 2.05) is 0 Å². The Balaban J connectivity index is 2.36. The lowest BCUT2D eigenvalue weighted by molar-refractivity contribution is -0.148. The summed E-state index contributed by atoms with van der Waals surface area (Å²) in [4.78, 5) is 11.1. The second-order valence-electron chi connectivity index (χ2n) is 4.33. The van der Waals surface area contributed by atoms with Crippen LogP contribution in [-0.4, -0.2) is 26.4 Å². The van der Waals surface area contributed by atoms with E-state index < -0.39 is 11.4 Å². The maximum absolute atomic E-state index is 11.1. The van der Waals surface area contributed by atoms with Crippen LogP contribution in [0.15, 0.2) is 0 Å². The Kier molecular flexibility index (Phi) is 2.26. The first kappa shape index (κ1) is 10.2. The van der Waals surface area contributed by atoms with E-state index in [9.17, 15) is 4.79 Å². The van der Waals surface area contributed by atoms with Crippen LogP contribution in [0.25, 0.3) is 0 Å². The molecule has 0 spiro atoms. The van der Waals surface area contributed by atoms with Gasteiger partial charge in [0.25, 0.3) is 0 Å². The lowest BCUT2D eigenvalue weighted by Crippen LogP contribution is -2.34. The SMILES string of the molecule is C[C@]1(C(=O)O)CCc2[nH]nc(CO)c2C1. The smallest absolute Gasteiger partial charge is 0.309 e. The number of nitrogens with one attached hydrogen (secondary N) is 1. The summed E-state index contributed by atoms with van der Waals surface area (Å²) < 4.78 is 0. The highest BCUT2D eigenvalue weighted by Crippen LogP contribution is 2.35. The Bertz CT molecular complexity index is 386. The van der Waals surface area contributed by atoms with Crippen LogP contribution in [0.3, 0.4) is 0 Å². The molecule has 0 saturated carbocycles. The number of hydrogen-bond acceptors (Lipinski definition) is 3. The van der Waals surface area contributed by atoms with Gasteiger partial charge in [-0.3, -0.25) is 9.89 Å². The second-order valence-corrected chi connectivity index (χ2v) is 4.33. The van der Waals surface area contributed by atoms with E-state index in [0.717, 1.165) is 11.3 Å². The molecule has 1 aromatic rings. The molecule has 0 unspecified atom stereocenters. The van der Waals surface area contributed by atoms with E-state index in [-0.39, 0.29) is 6.61 Å². The first-order chi connectivity index (χ1) is 7.07. The van der Waals surface area contributed by atoms with E-state index in [0.29, 0.717) is 25.0 Å². The van der Waals surface area contributed by atoms with Crippen molar-refractivity contribution >= 4 is 5.97 Å². The zero-order chi connectivity index (χ0) is 11.1. The Morgan fingerprint density at radius 2 is 2.40 bits per heavy atom. The van der Waals surface area contributed by atoms with Crippen LogP contribution in [0.5, 0.6) is 0 Å². The van der Waals surface area contributed by atoms with Crippen LogP contribution in [0.1, 0.15) is 30.3 Å². The van der Waals surface area contributed by atoms with Gasteiger partial charge in [-0.15, -0.1) is 0 Å². The summed E-state index contributed by atoms with van der Waals surface area (Å²) in [5.74, 6) is -0.779. The number of nitrogens with zero attached hydrogens (tertiary/aromatic N) is 1. The molecular weight excluding hydrogens is 196 g/mol. The number of carboxylic acid groups (broad SMARTS) is 1. The highest BCUT2D eigenvalue weighted by molar-refractivity contribution is 5.75. The van der Waals surface area contributed by atoms with Crippen molar-refractivity contribution in [3.8, 4) is 0 Å². The summed E-state index contributed by atoms with van der Waals surface area (Å²) in [6, 6.07) is 0. The van der Waals surface area contributed by atoms with E-state index in [4.69, 9.17) is 10.2 Å². The normalized spacial score (nSPS) is 24.9. The molecule has 1 atom stereocenters. The highest BCUT2D eigenvalue weighted by Gasteiger charge is 2.38. The molecule has 15 heavy (non-hydrogen) atoms. The molecule has 0 aliphatic heterocycles. The zero-order valence-electron chi connectivity index (χ0n) is 8.58. The van der Waals surface area contributed by atoms with Gasteiger partial charge in [0.1, 0.15) is 0 Å². The van der Waals surface area contributed by atoms with E-state index in [2.05, 4.69) is 10.2 Å². The first-order valence-corrected chi connectivity index (χ1v) is 4.96. The van der Waals surface area contributed by atoms with Gasteiger partial charge in [0, 0.05) is 5.69 Å². The molecule has 1 aromatic heterocycles. The molecule has 1 heterocycles. The Hall–Kier alpha value is -1.36. The average Bonchev–Trinajstić information content (AvgIpc) is 2.59. The summed E-state index contributed by atoms with van der Waals surface area (Å²) >= 11 is 0. The molecule has 0 fully saturated rings. The number of hydrogen-bond donors (Lipinski definition) is 3. The quantitative estimate of drug-likeness (QED) is 0.662. The minimum atomic E-state index is -0.779. The van der Waals surface area contributed by atoms with Crippen LogP contribution in [0.2, 0.25) is 0 Å². The molecule has 82 valence electrons. The number of carboxylic acids is 1. The Labute approximate surface area is 87.1 Å². The van der Waals surface area contributed by atoms with Crippen LogP contribution in [0.4, 0.5) is 0 Å². The van der Waals surface area contributed by atoms with Gasteiger partial charge in [-0.05, 0) is 31.7 Å². The third-order valence-corrected chi connectivity index (χ3v) is 3.20. The third-order valence-electron chi connectivity index (χ3n) is 3.20. The van der Waals surface area contributed by atoms with E-state index >= 15 is 0 Å². The second kappa shape index (κ2) is 3.34. The van der Waals surface area contributed by atoms with Gasteiger partial charge < -0.3 is 10.2 Å². The largest absolute Gasteiger partial charge is 0.481 e. The molecule has 0 aromatic carbocycles. The number of aliphatic carboxylic acids is 1. The number of H-pyrrole nitrogens is 1. The molecule has 5 nitrogen and oxygen atoms in total. The molecule has 1 aliphatic rings. The Morgan fingerprint density at radius 3 is 3.00 bits per heavy atom. The van der Waals surface area contributed by atoms with Crippen molar-refractivity contribution in [2.24, 2.45) is 5.41 Å². The lowest BCUT2D eigenvalue weighted by Gasteiger charge is -2.29. The van der Waals surface area contributed by atoms with Crippen LogP contribution in [-0.2, 0) is 24.2 Å². The minimum Gasteiger partial charge on any atom is -0.481 e. The monoisotopic (exact) mass is 210 g/mol. The van der Waals surface area contributed by atoms with Crippen molar-refractivity contribution < 1.29 is 15.0 Å².